The second kappa shape index (κ2) is 6.18. The molecule has 0 saturated carbocycles. The molecule has 0 aliphatic heterocycles. The average Bonchev–Trinajstić information content (AvgIpc) is 2.44. The van der Waals surface area contributed by atoms with E-state index in [4.69, 9.17) is 11.6 Å². The molecule has 0 unspecified atom stereocenters. The summed E-state index contributed by atoms with van der Waals surface area (Å²) in [5, 5.41) is 2.97. The Balaban J connectivity index is 2.05. The van der Waals surface area contributed by atoms with Crippen molar-refractivity contribution in [2.75, 3.05) is 0 Å². The fraction of sp³-hybridized carbons (Fsp3) is 0.133. The molecule has 0 heterocycles. The van der Waals surface area contributed by atoms with Gasteiger partial charge in [0.15, 0.2) is 0 Å². The van der Waals surface area contributed by atoms with Crippen LogP contribution >= 0.6 is 11.6 Å². The van der Waals surface area contributed by atoms with Gasteiger partial charge in [-0.1, -0.05) is 29.8 Å². The van der Waals surface area contributed by atoms with Gasteiger partial charge in [0.2, 0.25) is 0 Å². The van der Waals surface area contributed by atoms with Crippen LogP contribution in [0.15, 0.2) is 48.5 Å². The number of hydrogen-bond donors (Lipinski definition) is 1. The fourth-order valence-corrected chi connectivity index (χ4v) is 1.96. The molecule has 2 nitrogen and oxygen atoms in total. The molecule has 2 rings (SSSR count). The maximum absolute atomic E-state index is 12.6. The van der Waals surface area contributed by atoms with Crippen LogP contribution in [0.5, 0.6) is 0 Å². The number of rotatable bonds is 3. The Morgan fingerprint density at radius 3 is 2.48 bits per heavy atom. The van der Waals surface area contributed by atoms with E-state index in [1.54, 1.807) is 18.2 Å². The van der Waals surface area contributed by atoms with Crippen molar-refractivity contribution in [3.63, 3.8) is 0 Å². The molecule has 0 saturated heterocycles. The number of amides is 1. The first-order valence-electron chi connectivity index (χ1n) is 6.06. The SMILES string of the molecule is O=C(NCc1cccc(C(F)(F)F)c1)c1cccc(Cl)c1. The topological polar surface area (TPSA) is 29.1 Å². The zero-order chi connectivity index (χ0) is 15.5. The highest BCUT2D eigenvalue weighted by Crippen LogP contribution is 2.29. The maximum atomic E-state index is 12.6. The Hall–Kier alpha value is -2.01. The molecule has 2 aromatic carbocycles. The van der Waals surface area contributed by atoms with Crippen LogP contribution in [-0.2, 0) is 12.7 Å². The molecule has 0 aliphatic carbocycles. The van der Waals surface area contributed by atoms with Crippen LogP contribution in [0.25, 0.3) is 0 Å². The number of halogens is 4. The van der Waals surface area contributed by atoms with Crippen LogP contribution in [0.1, 0.15) is 21.5 Å². The molecule has 0 aliphatic rings. The molecule has 110 valence electrons. The predicted octanol–water partition coefficient (Wildman–Crippen LogP) is 4.29. The Bertz CT molecular complexity index is 655. The van der Waals surface area contributed by atoms with E-state index in [0.717, 1.165) is 12.1 Å². The Kier molecular flexibility index (Phi) is 4.53. The van der Waals surface area contributed by atoms with Gasteiger partial charge in [-0.2, -0.15) is 13.2 Å². The molecule has 0 spiro atoms. The van der Waals surface area contributed by atoms with Crippen molar-refractivity contribution in [3.8, 4) is 0 Å². The van der Waals surface area contributed by atoms with Gasteiger partial charge in [-0.05, 0) is 35.9 Å². The van der Waals surface area contributed by atoms with Crippen molar-refractivity contribution < 1.29 is 18.0 Å². The minimum Gasteiger partial charge on any atom is -0.348 e. The smallest absolute Gasteiger partial charge is 0.348 e. The highest BCUT2D eigenvalue weighted by Gasteiger charge is 2.30. The molecule has 0 aromatic heterocycles. The van der Waals surface area contributed by atoms with Crippen LogP contribution in [-0.4, -0.2) is 5.91 Å². The van der Waals surface area contributed by atoms with Crippen molar-refractivity contribution in [2.45, 2.75) is 12.7 Å². The van der Waals surface area contributed by atoms with Crippen LogP contribution in [0.4, 0.5) is 13.2 Å². The number of alkyl halides is 3. The maximum Gasteiger partial charge on any atom is 0.416 e. The van der Waals surface area contributed by atoms with E-state index >= 15 is 0 Å². The Labute approximate surface area is 124 Å². The summed E-state index contributed by atoms with van der Waals surface area (Å²) >= 11 is 5.77. The molecule has 1 amide bonds. The Morgan fingerprint density at radius 2 is 1.81 bits per heavy atom. The van der Waals surface area contributed by atoms with Crippen LogP contribution < -0.4 is 5.32 Å². The second-order valence-electron chi connectivity index (χ2n) is 4.39. The predicted molar refractivity (Wildman–Crippen MR) is 74.1 cm³/mol. The molecule has 6 heteroatoms. The molecular weight excluding hydrogens is 303 g/mol. The second-order valence-corrected chi connectivity index (χ2v) is 4.83. The molecule has 0 fully saturated rings. The summed E-state index contributed by atoms with van der Waals surface area (Å²) in [5.74, 6) is -0.394. The molecule has 21 heavy (non-hydrogen) atoms. The fourth-order valence-electron chi connectivity index (χ4n) is 1.77. The molecule has 0 atom stereocenters. The summed E-state index contributed by atoms with van der Waals surface area (Å²) in [4.78, 5) is 11.9. The minimum atomic E-state index is -4.40. The molecule has 2 aromatic rings. The quantitative estimate of drug-likeness (QED) is 0.900. The lowest BCUT2D eigenvalue weighted by Crippen LogP contribution is -2.23. The summed E-state index contributed by atoms with van der Waals surface area (Å²) in [6.45, 7) is 0.00919. The van der Waals surface area contributed by atoms with E-state index in [-0.39, 0.29) is 6.54 Å². The van der Waals surface area contributed by atoms with Crippen molar-refractivity contribution in [1.29, 1.82) is 0 Å². The van der Waals surface area contributed by atoms with Crippen molar-refractivity contribution in [2.24, 2.45) is 0 Å². The number of benzene rings is 2. The van der Waals surface area contributed by atoms with Gasteiger partial charge in [0, 0.05) is 17.1 Å². The van der Waals surface area contributed by atoms with Gasteiger partial charge in [0.05, 0.1) is 5.56 Å². The van der Waals surface area contributed by atoms with Gasteiger partial charge in [-0.15, -0.1) is 0 Å². The Morgan fingerprint density at radius 1 is 1.10 bits per heavy atom. The monoisotopic (exact) mass is 313 g/mol. The standard InChI is InChI=1S/C15H11ClF3NO/c16-13-6-2-4-11(8-13)14(21)20-9-10-3-1-5-12(7-10)15(17,18)19/h1-8H,9H2,(H,20,21). The van der Waals surface area contributed by atoms with Gasteiger partial charge in [-0.25, -0.2) is 0 Å². The largest absolute Gasteiger partial charge is 0.416 e. The number of nitrogens with one attached hydrogen (secondary N) is 1. The highest BCUT2D eigenvalue weighted by atomic mass is 35.5. The van der Waals surface area contributed by atoms with Gasteiger partial charge >= 0.3 is 6.18 Å². The van der Waals surface area contributed by atoms with E-state index in [0.29, 0.717) is 16.1 Å². The van der Waals surface area contributed by atoms with E-state index in [1.165, 1.54) is 18.2 Å². The molecule has 0 radical (unpaired) electrons. The van der Waals surface area contributed by atoms with Gasteiger partial charge in [-0.3, -0.25) is 4.79 Å². The first-order valence-corrected chi connectivity index (χ1v) is 6.44. The van der Waals surface area contributed by atoms with E-state index in [1.807, 2.05) is 0 Å². The summed E-state index contributed by atoms with van der Waals surface area (Å²) in [6.07, 6.45) is -4.40. The van der Waals surface area contributed by atoms with Crippen molar-refractivity contribution >= 4 is 17.5 Å². The summed E-state index contributed by atoms with van der Waals surface area (Å²) in [7, 11) is 0. The van der Waals surface area contributed by atoms with E-state index in [9.17, 15) is 18.0 Å². The number of carbonyl (C=O) groups is 1. The van der Waals surface area contributed by atoms with Crippen molar-refractivity contribution in [3.05, 3.63) is 70.2 Å². The van der Waals surface area contributed by atoms with Gasteiger partial charge in [0.25, 0.3) is 5.91 Å². The summed E-state index contributed by atoms with van der Waals surface area (Å²) in [6, 6.07) is 11.2. The van der Waals surface area contributed by atoms with E-state index in [2.05, 4.69) is 5.32 Å². The molecular formula is C15H11ClF3NO. The number of carbonyl (C=O) groups excluding carboxylic acids is 1. The molecule has 0 bridgehead atoms. The lowest BCUT2D eigenvalue weighted by atomic mass is 10.1. The zero-order valence-corrected chi connectivity index (χ0v) is 11.5. The minimum absolute atomic E-state index is 0.00919. The summed E-state index contributed by atoms with van der Waals surface area (Å²) in [5.41, 5.74) is -0.00770. The van der Waals surface area contributed by atoms with Crippen LogP contribution in [0.3, 0.4) is 0 Å². The summed E-state index contributed by atoms with van der Waals surface area (Å²) < 4.78 is 37.7. The van der Waals surface area contributed by atoms with Crippen LogP contribution in [0.2, 0.25) is 5.02 Å². The third-order valence-corrected chi connectivity index (χ3v) is 3.03. The average molecular weight is 314 g/mol. The lowest BCUT2D eigenvalue weighted by Gasteiger charge is -2.09. The van der Waals surface area contributed by atoms with Crippen LogP contribution in [0, 0.1) is 0 Å². The molecule has 1 N–H and O–H groups in total. The normalized spacial score (nSPS) is 11.2. The third kappa shape index (κ3) is 4.23. The lowest BCUT2D eigenvalue weighted by molar-refractivity contribution is -0.137. The van der Waals surface area contributed by atoms with Gasteiger partial charge in [0.1, 0.15) is 0 Å². The van der Waals surface area contributed by atoms with Gasteiger partial charge < -0.3 is 5.32 Å². The third-order valence-electron chi connectivity index (χ3n) is 2.79. The van der Waals surface area contributed by atoms with Crippen molar-refractivity contribution in [1.82, 2.24) is 5.32 Å². The zero-order valence-electron chi connectivity index (χ0n) is 10.7. The first kappa shape index (κ1) is 15.4. The first-order chi connectivity index (χ1) is 9.86. The van der Waals surface area contributed by atoms with E-state index < -0.39 is 17.6 Å². The highest BCUT2D eigenvalue weighted by molar-refractivity contribution is 6.30. The number of hydrogen-bond acceptors (Lipinski definition) is 1.